The second-order valence-electron chi connectivity index (χ2n) is 8.89. The van der Waals surface area contributed by atoms with Crippen molar-refractivity contribution in [3.05, 3.63) is 39.3 Å². The average Bonchev–Trinajstić information content (AvgIpc) is 3.32. The summed E-state index contributed by atoms with van der Waals surface area (Å²) in [5.74, 6) is -0.357. The number of nitrogens with one attached hydrogen (secondary N) is 1. The Morgan fingerprint density at radius 2 is 2.03 bits per heavy atom. The van der Waals surface area contributed by atoms with E-state index in [1.165, 1.54) is 28.5 Å². The maximum atomic E-state index is 12.9. The Labute approximate surface area is 184 Å². The van der Waals surface area contributed by atoms with E-state index in [1.807, 2.05) is 0 Å². The molecule has 2 heterocycles. The number of nitrogens with two attached hydrogens (primary N) is 2. The second kappa shape index (κ2) is 8.45. The molecule has 0 radical (unpaired) electrons. The molecule has 0 spiro atoms. The molecule has 0 fully saturated rings. The predicted octanol–water partition coefficient (Wildman–Crippen LogP) is 4.37. The number of thiophene rings is 1. The summed E-state index contributed by atoms with van der Waals surface area (Å²) in [5.41, 5.74) is 10.1. The molecule has 6 N–H and O–H groups in total. The van der Waals surface area contributed by atoms with Crippen molar-refractivity contribution in [2.24, 2.45) is 10.9 Å². The number of carbonyl (C=O) groups is 1. The fourth-order valence-electron chi connectivity index (χ4n) is 3.99. The van der Waals surface area contributed by atoms with Crippen molar-refractivity contribution in [1.29, 1.82) is 0 Å². The molecule has 2 aromatic rings. The summed E-state index contributed by atoms with van der Waals surface area (Å²) >= 11 is 2.04. The molecule has 6 nitrogen and oxygen atoms in total. The first-order valence-electron chi connectivity index (χ1n) is 9.94. The predicted molar refractivity (Wildman–Crippen MR) is 120 cm³/mol. The zero-order valence-electron chi connectivity index (χ0n) is 17.8. The number of aliphatic hydroxyl groups is 1. The number of pyridine rings is 1. The van der Waals surface area contributed by atoms with E-state index < -0.39 is 11.6 Å². The molecule has 0 bridgehead atoms. The Morgan fingerprint density at radius 3 is 2.57 bits per heavy atom. The fraction of sp³-hybridized carbons (Fsp3) is 0.524. The van der Waals surface area contributed by atoms with Crippen molar-refractivity contribution in [1.82, 2.24) is 4.98 Å². The molecule has 0 saturated heterocycles. The van der Waals surface area contributed by atoms with Gasteiger partial charge in [-0.05, 0) is 75.1 Å². The number of carbonyl (C=O) groups excluding carboxylic acids is 1. The van der Waals surface area contributed by atoms with E-state index in [2.05, 4.69) is 19.2 Å². The number of hydrogen-bond acceptors (Lipinski definition) is 6. The van der Waals surface area contributed by atoms with Crippen LogP contribution in [-0.2, 0) is 30.3 Å². The van der Waals surface area contributed by atoms with E-state index in [4.69, 9.17) is 15.9 Å². The lowest BCUT2D eigenvalue weighted by Gasteiger charge is -2.20. The van der Waals surface area contributed by atoms with Gasteiger partial charge in [0.05, 0.1) is 17.0 Å². The van der Waals surface area contributed by atoms with Crippen LogP contribution in [-0.4, -0.2) is 16.1 Å². The Hall–Kier alpha value is -1.68. The molecule has 164 valence electrons. The van der Waals surface area contributed by atoms with Gasteiger partial charge in [-0.1, -0.05) is 13.8 Å². The number of hydrogen-bond donors (Lipinski definition) is 4. The number of amides is 2. The van der Waals surface area contributed by atoms with E-state index >= 15 is 0 Å². The van der Waals surface area contributed by atoms with Gasteiger partial charge in [0.2, 0.25) is 0 Å². The lowest BCUT2D eigenvalue weighted by atomic mass is 9.90. The number of anilines is 1. The van der Waals surface area contributed by atoms with Crippen molar-refractivity contribution in [2.45, 2.75) is 75.0 Å². The van der Waals surface area contributed by atoms with Gasteiger partial charge in [-0.3, -0.25) is 10.1 Å². The first kappa shape index (κ1) is 23.0. The molecule has 0 aromatic carbocycles. The van der Waals surface area contributed by atoms with Crippen LogP contribution in [0.5, 0.6) is 0 Å². The molecule has 2 aliphatic carbocycles. The van der Waals surface area contributed by atoms with Gasteiger partial charge in [0.15, 0.2) is 0 Å². The van der Waals surface area contributed by atoms with E-state index in [9.17, 15) is 14.3 Å². The van der Waals surface area contributed by atoms with Gasteiger partial charge in [-0.15, -0.1) is 11.3 Å². The first-order chi connectivity index (χ1) is 13.9. The van der Waals surface area contributed by atoms with Crippen LogP contribution in [0.2, 0.25) is 0 Å². The van der Waals surface area contributed by atoms with Gasteiger partial charge in [-0.2, -0.15) is 0 Å². The molecule has 0 aliphatic heterocycles. The third kappa shape index (κ3) is 4.64. The van der Waals surface area contributed by atoms with Gasteiger partial charge in [0.25, 0.3) is 0 Å². The van der Waals surface area contributed by atoms with Crippen molar-refractivity contribution in [3.63, 3.8) is 0 Å². The number of halogens is 1. The number of aryl methyl sites for hydroxylation is 1. The number of urea groups is 1. The van der Waals surface area contributed by atoms with Gasteiger partial charge in [0.1, 0.15) is 10.0 Å². The van der Waals surface area contributed by atoms with E-state index in [0.717, 1.165) is 61.1 Å². The highest BCUT2D eigenvalue weighted by Gasteiger charge is 2.36. The molecule has 0 atom stereocenters. The Balaban J connectivity index is 0.000000187. The number of nitrogens with zero attached hydrogens (tertiary/aromatic N) is 1. The normalized spacial score (nSPS) is 16.5. The molecule has 0 unspecified atom stereocenters. The van der Waals surface area contributed by atoms with Crippen LogP contribution in [0.4, 0.5) is 14.9 Å². The number of rotatable bonds is 3. The third-order valence-corrected chi connectivity index (χ3v) is 7.75. The van der Waals surface area contributed by atoms with E-state index in [0.29, 0.717) is 9.09 Å². The van der Waals surface area contributed by atoms with Crippen molar-refractivity contribution in [2.75, 3.05) is 5.32 Å². The first-order valence-corrected chi connectivity index (χ1v) is 11.6. The SMILES string of the molecule is CC(C)(O)c1cc(F)c(SN)s1.CC1(C)CCc2c1nc1c(c2NC(N)=O)CCC1. The van der Waals surface area contributed by atoms with Crippen LogP contribution in [0, 0.1) is 5.82 Å². The van der Waals surface area contributed by atoms with Crippen molar-refractivity contribution in [3.8, 4) is 0 Å². The van der Waals surface area contributed by atoms with E-state index in [-0.39, 0.29) is 11.2 Å². The van der Waals surface area contributed by atoms with Crippen LogP contribution in [0.15, 0.2) is 10.3 Å². The Kier molecular flexibility index (Phi) is 6.48. The highest BCUT2D eigenvalue weighted by Crippen LogP contribution is 2.44. The zero-order valence-corrected chi connectivity index (χ0v) is 19.4. The van der Waals surface area contributed by atoms with Crippen LogP contribution < -0.4 is 16.2 Å². The topological polar surface area (TPSA) is 114 Å². The molecule has 0 saturated carbocycles. The smallest absolute Gasteiger partial charge is 0.316 e. The Bertz CT molecular complexity index is 967. The molecule has 2 aliphatic rings. The summed E-state index contributed by atoms with van der Waals surface area (Å²) in [6.45, 7) is 7.68. The minimum atomic E-state index is -0.987. The lowest BCUT2D eigenvalue weighted by molar-refractivity contribution is 0.0823. The second-order valence-corrected chi connectivity index (χ2v) is 10.8. The standard InChI is InChI=1S/C14H19N3O.C7H10FNOS2/c1-14(2)7-6-9-11(17-13(15)18)8-4-3-5-10(8)16-12(9)14;1-7(2,10)5-3-4(8)6(11-5)12-9/h3-7H2,1-2H3,(H3,15,16,17,18);3,10H,9H2,1-2H3. The number of primary amides is 1. The van der Waals surface area contributed by atoms with Crippen LogP contribution >= 0.6 is 23.3 Å². The summed E-state index contributed by atoms with van der Waals surface area (Å²) in [6, 6.07) is 0.849. The number of aromatic nitrogens is 1. The molecular weight excluding hydrogens is 423 g/mol. The molecule has 2 amide bonds. The summed E-state index contributed by atoms with van der Waals surface area (Å²) in [7, 11) is 0. The maximum Gasteiger partial charge on any atom is 0.316 e. The quantitative estimate of drug-likeness (QED) is 0.517. The number of fused-ring (bicyclic) bond motifs is 2. The summed E-state index contributed by atoms with van der Waals surface area (Å²) in [6.07, 6.45) is 5.22. The third-order valence-electron chi connectivity index (χ3n) is 5.58. The minimum absolute atomic E-state index is 0.112. The average molecular weight is 453 g/mol. The largest absolute Gasteiger partial charge is 0.385 e. The summed E-state index contributed by atoms with van der Waals surface area (Å²) < 4.78 is 13.3. The van der Waals surface area contributed by atoms with Gasteiger partial charge in [0, 0.05) is 16.0 Å². The Morgan fingerprint density at radius 1 is 1.33 bits per heavy atom. The summed E-state index contributed by atoms with van der Waals surface area (Å²) in [4.78, 5) is 16.7. The fourth-order valence-corrected chi connectivity index (χ4v) is 5.39. The monoisotopic (exact) mass is 452 g/mol. The van der Waals surface area contributed by atoms with Crippen LogP contribution in [0.25, 0.3) is 0 Å². The van der Waals surface area contributed by atoms with Crippen molar-refractivity contribution < 1.29 is 14.3 Å². The lowest BCUT2D eigenvalue weighted by Crippen LogP contribution is -2.22. The highest BCUT2D eigenvalue weighted by atomic mass is 32.2. The highest BCUT2D eigenvalue weighted by molar-refractivity contribution is 7.99. The van der Waals surface area contributed by atoms with Crippen molar-refractivity contribution >= 4 is 35.0 Å². The van der Waals surface area contributed by atoms with E-state index in [1.54, 1.807) is 13.8 Å². The molecule has 2 aromatic heterocycles. The van der Waals surface area contributed by atoms with Crippen LogP contribution in [0.3, 0.4) is 0 Å². The van der Waals surface area contributed by atoms with Gasteiger partial charge >= 0.3 is 6.03 Å². The molecule has 4 rings (SSSR count). The zero-order chi connectivity index (χ0) is 22.3. The summed E-state index contributed by atoms with van der Waals surface area (Å²) in [5, 5.41) is 17.6. The molecular formula is C21H29FN4O2S2. The molecule has 9 heteroatoms. The maximum absolute atomic E-state index is 12.9. The van der Waals surface area contributed by atoms with Crippen LogP contribution in [0.1, 0.15) is 67.9 Å². The minimum Gasteiger partial charge on any atom is -0.385 e. The molecule has 30 heavy (non-hydrogen) atoms. The van der Waals surface area contributed by atoms with Gasteiger partial charge in [-0.25, -0.2) is 9.18 Å². The van der Waals surface area contributed by atoms with Gasteiger partial charge < -0.3 is 16.2 Å².